The van der Waals surface area contributed by atoms with Gasteiger partial charge in [0, 0.05) is 0 Å². The zero-order valence-corrected chi connectivity index (χ0v) is 16.2. The van der Waals surface area contributed by atoms with Gasteiger partial charge in [0.05, 0.1) is 19.8 Å². The fourth-order valence-corrected chi connectivity index (χ4v) is 2.93. The molecule has 2 atom stereocenters. The van der Waals surface area contributed by atoms with Crippen molar-refractivity contribution >= 4 is 5.91 Å². The molecule has 3 aromatic carbocycles. The van der Waals surface area contributed by atoms with Crippen LogP contribution in [0.5, 0.6) is 5.75 Å². The van der Waals surface area contributed by atoms with Crippen molar-refractivity contribution in [2.75, 3.05) is 7.11 Å². The van der Waals surface area contributed by atoms with Crippen molar-refractivity contribution in [3.63, 3.8) is 0 Å². The summed E-state index contributed by atoms with van der Waals surface area (Å²) in [5, 5.41) is 3.12. The molecule has 3 rings (SSSR count). The van der Waals surface area contributed by atoms with Crippen molar-refractivity contribution < 1.29 is 14.3 Å². The normalized spacial score (nSPS) is 12.8. The van der Waals surface area contributed by atoms with Crippen LogP contribution in [0.3, 0.4) is 0 Å². The Balaban J connectivity index is 1.72. The SMILES string of the molecule is COc1ccc(C(NC(=O)C(C)OCc2ccccc2)c2ccccc2)cc1. The van der Waals surface area contributed by atoms with E-state index < -0.39 is 6.10 Å². The number of benzene rings is 3. The highest BCUT2D eigenvalue weighted by molar-refractivity contribution is 5.81. The van der Waals surface area contributed by atoms with E-state index in [-0.39, 0.29) is 11.9 Å². The van der Waals surface area contributed by atoms with Crippen LogP contribution in [0.4, 0.5) is 0 Å². The summed E-state index contributed by atoms with van der Waals surface area (Å²) in [4.78, 5) is 12.8. The van der Waals surface area contributed by atoms with E-state index in [0.29, 0.717) is 6.61 Å². The van der Waals surface area contributed by atoms with Crippen LogP contribution in [-0.4, -0.2) is 19.1 Å². The monoisotopic (exact) mass is 375 g/mol. The van der Waals surface area contributed by atoms with Crippen LogP contribution in [0.2, 0.25) is 0 Å². The zero-order chi connectivity index (χ0) is 19.8. The Kier molecular flexibility index (Phi) is 6.82. The molecule has 3 aromatic rings. The second-order valence-corrected chi connectivity index (χ2v) is 6.56. The van der Waals surface area contributed by atoms with Crippen LogP contribution in [-0.2, 0) is 16.1 Å². The minimum Gasteiger partial charge on any atom is -0.497 e. The van der Waals surface area contributed by atoms with Crippen molar-refractivity contribution in [2.45, 2.75) is 25.7 Å². The molecule has 0 heterocycles. The summed E-state index contributed by atoms with van der Waals surface area (Å²) >= 11 is 0. The van der Waals surface area contributed by atoms with E-state index >= 15 is 0 Å². The van der Waals surface area contributed by atoms with E-state index in [2.05, 4.69) is 5.32 Å². The molecule has 0 saturated carbocycles. The average Bonchev–Trinajstić information content (AvgIpc) is 2.77. The fraction of sp³-hybridized carbons (Fsp3) is 0.208. The average molecular weight is 375 g/mol. The van der Waals surface area contributed by atoms with Gasteiger partial charge in [-0.05, 0) is 35.7 Å². The molecule has 0 aliphatic heterocycles. The summed E-state index contributed by atoms with van der Waals surface area (Å²) in [6.07, 6.45) is -0.565. The molecule has 0 aromatic heterocycles. The lowest BCUT2D eigenvalue weighted by Gasteiger charge is -2.22. The third-order valence-corrected chi connectivity index (χ3v) is 4.58. The van der Waals surface area contributed by atoms with Crippen LogP contribution in [0.15, 0.2) is 84.9 Å². The van der Waals surface area contributed by atoms with E-state index in [0.717, 1.165) is 22.4 Å². The summed E-state index contributed by atoms with van der Waals surface area (Å²) in [5.74, 6) is 0.627. The lowest BCUT2D eigenvalue weighted by atomic mass is 9.98. The molecule has 28 heavy (non-hydrogen) atoms. The van der Waals surface area contributed by atoms with Gasteiger partial charge in [-0.15, -0.1) is 0 Å². The fourth-order valence-electron chi connectivity index (χ4n) is 2.93. The molecule has 1 amide bonds. The van der Waals surface area contributed by atoms with Gasteiger partial charge >= 0.3 is 0 Å². The molecule has 0 bridgehead atoms. The first-order valence-electron chi connectivity index (χ1n) is 9.32. The molecule has 0 radical (unpaired) electrons. The van der Waals surface area contributed by atoms with Crippen molar-refractivity contribution in [2.24, 2.45) is 0 Å². The highest BCUT2D eigenvalue weighted by atomic mass is 16.5. The Labute approximate surface area is 166 Å². The quantitative estimate of drug-likeness (QED) is 0.630. The number of ether oxygens (including phenoxy) is 2. The van der Waals surface area contributed by atoms with Gasteiger partial charge in [-0.25, -0.2) is 0 Å². The summed E-state index contributed by atoms with van der Waals surface area (Å²) in [6.45, 7) is 2.17. The summed E-state index contributed by atoms with van der Waals surface area (Å²) in [5.41, 5.74) is 3.03. The summed E-state index contributed by atoms with van der Waals surface area (Å²) in [7, 11) is 1.64. The lowest BCUT2D eigenvalue weighted by molar-refractivity contribution is -0.133. The Morgan fingerprint density at radius 3 is 2.04 bits per heavy atom. The highest BCUT2D eigenvalue weighted by Crippen LogP contribution is 2.24. The second kappa shape index (κ2) is 9.72. The smallest absolute Gasteiger partial charge is 0.249 e. The third-order valence-electron chi connectivity index (χ3n) is 4.58. The van der Waals surface area contributed by atoms with Crippen molar-refractivity contribution in [3.8, 4) is 5.75 Å². The van der Waals surface area contributed by atoms with E-state index in [9.17, 15) is 4.79 Å². The second-order valence-electron chi connectivity index (χ2n) is 6.56. The highest BCUT2D eigenvalue weighted by Gasteiger charge is 2.21. The summed E-state index contributed by atoms with van der Waals surface area (Å²) < 4.78 is 11.0. The standard InChI is InChI=1S/C24H25NO3/c1-18(28-17-19-9-5-3-6-10-19)24(26)25-23(20-11-7-4-8-12-20)21-13-15-22(27-2)16-14-21/h3-16,18,23H,17H2,1-2H3,(H,25,26). The Hall–Kier alpha value is -3.11. The van der Waals surface area contributed by atoms with Crippen molar-refractivity contribution in [1.82, 2.24) is 5.32 Å². The van der Waals surface area contributed by atoms with Crippen LogP contribution in [0.25, 0.3) is 0 Å². The molecule has 0 aliphatic rings. The number of rotatable bonds is 8. The van der Waals surface area contributed by atoms with Crippen LogP contribution < -0.4 is 10.1 Å². The molecule has 2 unspecified atom stereocenters. The van der Waals surface area contributed by atoms with Gasteiger partial charge in [0.15, 0.2) is 0 Å². The number of hydrogen-bond acceptors (Lipinski definition) is 3. The molecule has 0 aliphatic carbocycles. The van der Waals surface area contributed by atoms with Crippen LogP contribution in [0.1, 0.15) is 29.7 Å². The molecule has 4 heteroatoms. The van der Waals surface area contributed by atoms with Gasteiger partial charge in [0.25, 0.3) is 0 Å². The van der Waals surface area contributed by atoms with Crippen molar-refractivity contribution in [1.29, 1.82) is 0 Å². The molecular weight excluding hydrogens is 350 g/mol. The van der Waals surface area contributed by atoms with Crippen molar-refractivity contribution in [3.05, 3.63) is 102 Å². The van der Waals surface area contributed by atoms with E-state index in [1.165, 1.54) is 0 Å². The van der Waals surface area contributed by atoms with Gasteiger partial charge in [0.2, 0.25) is 5.91 Å². The maximum atomic E-state index is 12.8. The minimum atomic E-state index is -0.565. The topological polar surface area (TPSA) is 47.6 Å². The first-order valence-corrected chi connectivity index (χ1v) is 9.32. The molecular formula is C24H25NO3. The number of carbonyl (C=O) groups is 1. The Morgan fingerprint density at radius 1 is 0.857 bits per heavy atom. The van der Waals surface area contributed by atoms with Crippen LogP contribution >= 0.6 is 0 Å². The van der Waals surface area contributed by atoms with Gasteiger partial charge < -0.3 is 14.8 Å². The van der Waals surface area contributed by atoms with Gasteiger partial charge in [-0.1, -0.05) is 72.8 Å². The minimum absolute atomic E-state index is 0.152. The Bertz CT molecular complexity index is 863. The summed E-state index contributed by atoms with van der Waals surface area (Å²) in [6, 6.07) is 27.2. The largest absolute Gasteiger partial charge is 0.497 e. The number of hydrogen-bond donors (Lipinski definition) is 1. The molecule has 0 fully saturated rings. The maximum absolute atomic E-state index is 12.8. The number of methoxy groups -OCH3 is 1. The van der Waals surface area contributed by atoms with Gasteiger partial charge in [-0.2, -0.15) is 0 Å². The maximum Gasteiger partial charge on any atom is 0.249 e. The first kappa shape index (κ1) is 19.6. The predicted octanol–water partition coefficient (Wildman–Crippen LogP) is 4.51. The predicted molar refractivity (Wildman–Crippen MR) is 110 cm³/mol. The van der Waals surface area contributed by atoms with Gasteiger partial charge in [0.1, 0.15) is 11.9 Å². The van der Waals surface area contributed by atoms with Crippen LogP contribution in [0, 0.1) is 0 Å². The lowest BCUT2D eigenvalue weighted by Crippen LogP contribution is -2.37. The number of nitrogens with one attached hydrogen (secondary N) is 1. The first-order chi connectivity index (χ1) is 13.7. The molecule has 0 saturated heterocycles. The molecule has 144 valence electrons. The molecule has 0 spiro atoms. The number of carbonyl (C=O) groups excluding carboxylic acids is 1. The zero-order valence-electron chi connectivity index (χ0n) is 16.2. The van der Waals surface area contributed by atoms with E-state index in [1.807, 2.05) is 84.9 Å². The Morgan fingerprint density at radius 2 is 1.43 bits per heavy atom. The van der Waals surface area contributed by atoms with Gasteiger partial charge in [-0.3, -0.25) is 4.79 Å². The van der Waals surface area contributed by atoms with E-state index in [4.69, 9.17) is 9.47 Å². The third kappa shape index (κ3) is 5.21. The molecule has 1 N–H and O–H groups in total. The number of amides is 1. The van der Waals surface area contributed by atoms with E-state index in [1.54, 1.807) is 14.0 Å². The molecule has 4 nitrogen and oxygen atoms in total.